The summed E-state index contributed by atoms with van der Waals surface area (Å²) in [6.45, 7) is 2.19. The van der Waals surface area contributed by atoms with Gasteiger partial charge in [-0.15, -0.1) is 0 Å². The maximum Gasteiger partial charge on any atom is 0.192 e. The van der Waals surface area contributed by atoms with Crippen molar-refractivity contribution >= 4 is 17.5 Å². The molecule has 1 aliphatic heterocycles. The lowest BCUT2D eigenvalue weighted by atomic mass is 9.98. The van der Waals surface area contributed by atoms with Crippen LogP contribution in [0.4, 0.5) is 0 Å². The van der Waals surface area contributed by atoms with E-state index in [9.17, 15) is 4.79 Å². The van der Waals surface area contributed by atoms with Gasteiger partial charge < -0.3 is 4.57 Å². The highest BCUT2D eigenvalue weighted by molar-refractivity contribution is 8.00. The number of carbonyl (C=O) groups excluding carboxylic acids is 1. The highest BCUT2D eigenvalue weighted by atomic mass is 32.2. The zero-order chi connectivity index (χ0) is 13.9. The fraction of sp³-hybridized carbons (Fsp3) is 0.375. The normalized spacial score (nSPS) is 21.8. The number of fused-ring (bicyclic) bond motifs is 1. The number of hydrogen-bond acceptors (Lipinski definition) is 3. The van der Waals surface area contributed by atoms with Crippen LogP contribution in [-0.2, 0) is 0 Å². The van der Waals surface area contributed by atoms with Gasteiger partial charge in [-0.25, -0.2) is 4.98 Å². The lowest BCUT2D eigenvalue weighted by Crippen LogP contribution is -2.31. The van der Waals surface area contributed by atoms with E-state index in [0.29, 0.717) is 6.04 Å². The molecule has 3 nitrogen and oxygen atoms in total. The van der Waals surface area contributed by atoms with Gasteiger partial charge in [-0.1, -0.05) is 31.2 Å². The Labute approximate surface area is 123 Å². The van der Waals surface area contributed by atoms with Crippen molar-refractivity contribution in [1.82, 2.24) is 9.55 Å². The van der Waals surface area contributed by atoms with Crippen LogP contribution in [0.1, 0.15) is 42.7 Å². The summed E-state index contributed by atoms with van der Waals surface area (Å²) in [6.07, 6.45) is 6.97. The van der Waals surface area contributed by atoms with Crippen molar-refractivity contribution < 1.29 is 4.79 Å². The maximum atomic E-state index is 12.6. The largest absolute Gasteiger partial charge is 0.342 e. The van der Waals surface area contributed by atoms with Crippen molar-refractivity contribution in [3.8, 4) is 0 Å². The molecule has 20 heavy (non-hydrogen) atoms. The van der Waals surface area contributed by atoms with E-state index in [4.69, 9.17) is 0 Å². The molecule has 0 saturated carbocycles. The minimum absolute atomic E-state index is 0.0103. The molecule has 0 radical (unpaired) electrons. The Balaban J connectivity index is 1.85. The molecule has 2 aromatic heterocycles. The maximum absolute atomic E-state index is 12.6. The highest BCUT2D eigenvalue weighted by Gasteiger charge is 2.33. The van der Waals surface area contributed by atoms with Crippen molar-refractivity contribution in [1.29, 1.82) is 0 Å². The van der Waals surface area contributed by atoms with Crippen LogP contribution >= 0.6 is 11.8 Å². The van der Waals surface area contributed by atoms with Gasteiger partial charge in [0.15, 0.2) is 5.78 Å². The van der Waals surface area contributed by atoms with Gasteiger partial charge >= 0.3 is 0 Å². The number of pyridine rings is 1. The van der Waals surface area contributed by atoms with Crippen molar-refractivity contribution in [2.45, 2.75) is 42.5 Å². The quantitative estimate of drug-likeness (QED) is 0.853. The van der Waals surface area contributed by atoms with E-state index >= 15 is 0 Å². The Hall–Kier alpha value is -1.55. The lowest BCUT2D eigenvalue weighted by Gasteiger charge is -2.30. The molecule has 3 heterocycles. The first kappa shape index (κ1) is 13.4. The third-order valence-electron chi connectivity index (χ3n) is 3.73. The molecule has 104 valence electrons. The molecular formula is C16H18N2OS. The molecule has 2 aromatic rings. The van der Waals surface area contributed by atoms with Crippen LogP contribution in [0.5, 0.6) is 0 Å². The predicted octanol–water partition coefficient (Wildman–Crippen LogP) is 3.97. The second-order valence-corrected chi connectivity index (χ2v) is 6.34. The molecular weight excluding hydrogens is 268 g/mol. The molecule has 0 fully saturated rings. The zero-order valence-electron chi connectivity index (χ0n) is 11.5. The van der Waals surface area contributed by atoms with E-state index in [1.807, 2.05) is 36.5 Å². The number of carbonyl (C=O) groups is 1. The van der Waals surface area contributed by atoms with E-state index in [2.05, 4.69) is 16.5 Å². The molecule has 0 N–H and O–H groups in total. The molecule has 0 amide bonds. The zero-order valence-corrected chi connectivity index (χ0v) is 12.3. The molecule has 1 unspecified atom stereocenters. The first-order valence-electron chi connectivity index (χ1n) is 7.08. The highest BCUT2D eigenvalue weighted by Crippen LogP contribution is 2.37. The summed E-state index contributed by atoms with van der Waals surface area (Å²) in [6, 6.07) is 10.2. The SMILES string of the molecule is CCC[C@@H]1CC(Sc2ccccn2)C(=O)c2cccn21. The molecule has 1 aliphatic rings. The van der Waals surface area contributed by atoms with Crippen LogP contribution in [-0.4, -0.2) is 20.6 Å². The molecule has 0 aliphatic carbocycles. The fourth-order valence-corrected chi connectivity index (χ4v) is 3.92. The van der Waals surface area contributed by atoms with Crippen LogP contribution in [0.15, 0.2) is 47.8 Å². The van der Waals surface area contributed by atoms with Crippen molar-refractivity contribution in [2.24, 2.45) is 0 Å². The molecule has 4 heteroatoms. The lowest BCUT2D eigenvalue weighted by molar-refractivity contribution is 0.0948. The van der Waals surface area contributed by atoms with Crippen LogP contribution in [0.25, 0.3) is 0 Å². The Morgan fingerprint density at radius 3 is 3.00 bits per heavy atom. The van der Waals surface area contributed by atoms with Gasteiger partial charge in [-0.2, -0.15) is 0 Å². The standard InChI is InChI=1S/C16H18N2OS/c1-2-6-12-11-14(20-15-8-3-4-9-17-15)16(19)13-7-5-10-18(12)13/h3-5,7-10,12,14H,2,6,11H2,1H3/t12-,14?/m1/s1. The number of thioether (sulfide) groups is 1. The molecule has 0 spiro atoms. The first-order valence-corrected chi connectivity index (χ1v) is 7.96. The average molecular weight is 286 g/mol. The fourth-order valence-electron chi connectivity index (χ4n) is 2.81. The molecule has 3 rings (SSSR count). The van der Waals surface area contributed by atoms with Crippen LogP contribution in [0, 0.1) is 0 Å². The topological polar surface area (TPSA) is 34.9 Å². The summed E-state index contributed by atoms with van der Waals surface area (Å²) >= 11 is 1.60. The minimum Gasteiger partial charge on any atom is -0.342 e. The van der Waals surface area contributed by atoms with Gasteiger partial charge in [0, 0.05) is 18.4 Å². The average Bonchev–Trinajstić information content (AvgIpc) is 2.95. The number of Topliss-reactive ketones (excluding diaryl/α,β-unsaturated/α-hetero) is 1. The Morgan fingerprint density at radius 2 is 2.25 bits per heavy atom. The van der Waals surface area contributed by atoms with E-state index in [1.54, 1.807) is 18.0 Å². The first-order chi connectivity index (χ1) is 9.79. The Bertz CT molecular complexity index is 594. The predicted molar refractivity (Wildman–Crippen MR) is 81.2 cm³/mol. The number of hydrogen-bond donors (Lipinski definition) is 0. The van der Waals surface area contributed by atoms with Gasteiger partial charge in [0.2, 0.25) is 0 Å². The third-order valence-corrected chi connectivity index (χ3v) is 4.90. The number of aromatic nitrogens is 2. The smallest absolute Gasteiger partial charge is 0.192 e. The molecule has 0 saturated heterocycles. The van der Waals surface area contributed by atoms with E-state index in [1.165, 1.54) is 0 Å². The van der Waals surface area contributed by atoms with Gasteiger partial charge in [-0.05, 0) is 37.1 Å². The second kappa shape index (κ2) is 5.83. The van der Waals surface area contributed by atoms with Crippen LogP contribution in [0.2, 0.25) is 0 Å². The van der Waals surface area contributed by atoms with Crippen LogP contribution in [0.3, 0.4) is 0 Å². The number of rotatable bonds is 4. The van der Waals surface area contributed by atoms with E-state index < -0.39 is 0 Å². The number of ketones is 1. The summed E-state index contributed by atoms with van der Waals surface area (Å²) in [5.74, 6) is 0.234. The van der Waals surface area contributed by atoms with Gasteiger partial charge in [0.05, 0.1) is 16.0 Å². The van der Waals surface area contributed by atoms with Crippen molar-refractivity contribution in [3.05, 3.63) is 48.4 Å². The molecule has 0 bridgehead atoms. The van der Waals surface area contributed by atoms with Gasteiger partial charge in [0.1, 0.15) is 0 Å². The van der Waals surface area contributed by atoms with E-state index in [-0.39, 0.29) is 11.0 Å². The summed E-state index contributed by atoms with van der Waals surface area (Å²) in [5, 5.41) is 0.921. The van der Waals surface area contributed by atoms with E-state index in [0.717, 1.165) is 30.0 Å². The Kier molecular flexibility index (Phi) is 3.92. The summed E-state index contributed by atoms with van der Waals surface area (Å²) in [7, 11) is 0. The minimum atomic E-state index is -0.0103. The van der Waals surface area contributed by atoms with Crippen molar-refractivity contribution in [3.63, 3.8) is 0 Å². The molecule has 0 aromatic carbocycles. The van der Waals surface area contributed by atoms with Gasteiger partial charge in [-0.3, -0.25) is 4.79 Å². The Morgan fingerprint density at radius 1 is 1.35 bits per heavy atom. The second-order valence-electron chi connectivity index (χ2n) is 5.12. The molecule has 2 atom stereocenters. The summed E-state index contributed by atoms with van der Waals surface area (Å²) in [5.41, 5.74) is 0.850. The van der Waals surface area contributed by atoms with Crippen molar-refractivity contribution in [2.75, 3.05) is 0 Å². The number of nitrogens with zero attached hydrogens (tertiary/aromatic N) is 2. The summed E-state index contributed by atoms with van der Waals surface area (Å²) in [4.78, 5) is 16.9. The van der Waals surface area contributed by atoms with Crippen LogP contribution < -0.4 is 0 Å². The third kappa shape index (κ3) is 2.52. The summed E-state index contributed by atoms with van der Waals surface area (Å²) < 4.78 is 2.15. The monoisotopic (exact) mass is 286 g/mol. The van der Waals surface area contributed by atoms with Gasteiger partial charge in [0.25, 0.3) is 0 Å².